The van der Waals surface area contributed by atoms with Crippen LogP contribution in [0, 0.1) is 5.92 Å². The number of thiazole rings is 1. The van der Waals surface area contributed by atoms with Gasteiger partial charge in [-0.05, 0) is 18.2 Å². The zero-order chi connectivity index (χ0) is 15.7. The van der Waals surface area contributed by atoms with Gasteiger partial charge in [0.25, 0.3) is 0 Å². The van der Waals surface area contributed by atoms with E-state index in [9.17, 15) is 9.59 Å². The molecule has 5 nitrogen and oxygen atoms in total. The summed E-state index contributed by atoms with van der Waals surface area (Å²) < 4.78 is 0. The van der Waals surface area contributed by atoms with Crippen LogP contribution in [-0.2, 0) is 9.59 Å². The number of nitrogens with zero attached hydrogens (tertiary/aromatic N) is 2. The standard InChI is InChI=1S/C14H11Cl2N3O2S/c15-10-2-1-9(6-11(10)16)19-7-8(5-12(19)20)13(21)18-14-17-3-4-22-14/h1-4,6,8H,5,7H2,(H,17,18,21)/t8-/m0/s1. The lowest BCUT2D eigenvalue weighted by Gasteiger charge is -2.17. The maximum Gasteiger partial charge on any atom is 0.231 e. The SMILES string of the molecule is O=C(Nc1nccs1)[C@H]1CC(=O)N(c2ccc(Cl)c(Cl)c2)C1. The van der Waals surface area contributed by atoms with Crippen molar-refractivity contribution >= 4 is 57.2 Å². The summed E-state index contributed by atoms with van der Waals surface area (Å²) in [6.07, 6.45) is 1.78. The summed E-state index contributed by atoms with van der Waals surface area (Å²) in [7, 11) is 0. The van der Waals surface area contributed by atoms with Crippen LogP contribution < -0.4 is 10.2 Å². The second-order valence-electron chi connectivity index (χ2n) is 4.83. The Balaban J connectivity index is 1.72. The quantitative estimate of drug-likeness (QED) is 0.916. The zero-order valence-corrected chi connectivity index (χ0v) is 13.6. The van der Waals surface area contributed by atoms with Gasteiger partial charge in [-0.1, -0.05) is 23.2 Å². The maximum atomic E-state index is 12.2. The summed E-state index contributed by atoms with van der Waals surface area (Å²) >= 11 is 13.2. The molecule has 1 aromatic carbocycles. The van der Waals surface area contributed by atoms with E-state index in [1.165, 1.54) is 11.3 Å². The predicted octanol–water partition coefficient (Wildman–Crippen LogP) is 3.44. The van der Waals surface area contributed by atoms with Gasteiger partial charge in [0, 0.05) is 30.2 Å². The second-order valence-corrected chi connectivity index (χ2v) is 6.54. The lowest BCUT2D eigenvalue weighted by molar-refractivity contribution is -0.122. The first-order chi connectivity index (χ1) is 10.5. The number of aromatic nitrogens is 1. The van der Waals surface area contributed by atoms with Crippen molar-refractivity contribution in [3.63, 3.8) is 0 Å². The van der Waals surface area contributed by atoms with Crippen molar-refractivity contribution in [2.45, 2.75) is 6.42 Å². The lowest BCUT2D eigenvalue weighted by Crippen LogP contribution is -2.28. The Morgan fingerprint density at radius 3 is 2.86 bits per heavy atom. The molecule has 1 N–H and O–H groups in total. The van der Waals surface area contributed by atoms with Gasteiger partial charge in [0.2, 0.25) is 11.8 Å². The summed E-state index contributed by atoms with van der Waals surface area (Å²) in [6, 6.07) is 4.98. The van der Waals surface area contributed by atoms with Gasteiger partial charge in [-0.3, -0.25) is 9.59 Å². The molecule has 22 heavy (non-hydrogen) atoms. The van der Waals surface area contributed by atoms with E-state index < -0.39 is 5.92 Å². The Morgan fingerprint density at radius 2 is 2.18 bits per heavy atom. The number of anilines is 2. The number of halogens is 2. The molecule has 0 radical (unpaired) electrons. The highest BCUT2D eigenvalue weighted by atomic mass is 35.5. The molecule has 3 rings (SSSR count). The Kier molecular flexibility index (Phi) is 4.33. The lowest BCUT2D eigenvalue weighted by atomic mass is 10.1. The largest absolute Gasteiger partial charge is 0.312 e. The first-order valence-electron chi connectivity index (χ1n) is 6.50. The molecular formula is C14H11Cl2N3O2S. The van der Waals surface area contributed by atoms with Crippen LogP contribution >= 0.6 is 34.5 Å². The van der Waals surface area contributed by atoms with Crippen molar-refractivity contribution in [1.82, 2.24) is 4.98 Å². The van der Waals surface area contributed by atoms with E-state index in [-0.39, 0.29) is 18.2 Å². The van der Waals surface area contributed by atoms with E-state index in [1.807, 2.05) is 0 Å². The van der Waals surface area contributed by atoms with Crippen molar-refractivity contribution in [2.24, 2.45) is 5.92 Å². The van der Waals surface area contributed by atoms with Crippen molar-refractivity contribution in [2.75, 3.05) is 16.8 Å². The summed E-state index contributed by atoms with van der Waals surface area (Å²) in [6.45, 7) is 0.313. The van der Waals surface area contributed by atoms with Gasteiger partial charge in [-0.2, -0.15) is 0 Å². The highest BCUT2D eigenvalue weighted by Crippen LogP contribution is 2.31. The number of amides is 2. The average molecular weight is 356 g/mol. The molecule has 0 spiro atoms. The van der Waals surface area contributed by atoms with E-state index in [0.717, 1.165) is 0 Å². The first-order valence-corrected chi connectivity index (χ1v) is 8.14. The third-order valence-electron chi connectivity index (χ3n) is 3.37. The first kappa shape index (κ1) is 15.3. The van der Waals surface area contributed by atoms with Crippen LogP contribution in [0.1, 0.15) is 6.42 Å². The molecule has 0 bridgehead atoms. The van der Waals surface area contributed by atoms with Crippen molar-refractivity contribution in [3.05, 3.63) is 39.8 Å². The number of hydrogen-bond donors (Lipinski definition) is 1. The van der Waals surface area contributed by atoms with Gasteiger partial charge < -0.3 is 10.2 Å². The smallest absolute Gasteiger partial charge is 0.231 e. The van der Waals surface area contributed by atoms with Crippen molar-refractivity contribution in [1.29, 1.82) is 0 Å². The molecule has 2 aromatic rings. The van der Waals surface area contributed by atoms with E-state index in [4.69, 9.17) is 23.2 Å². The van der Waals surface area contributed by atoms with Crippen LogP contribution in [0.3, 0.4) is 0 Å². The van der Waals surface area contributed by atoms with Crippen LogP contribution in [-0.4, -0.2) is 23.3 Å². The molecular weight excluding hydrogens is 345 g/mol. The maximum absolute atomic E-state index is 12.2. The monoisotopic (exact) mass is 355 g/mol. The Labute approximate surface area is 140 Å². The van der Waals surface area contributed by atoms with Gasteiger partial charge in [-0.15, -0.1) is 11.3 Å². The molecule has 0 unspecified atom stereocenters. The van der Waals surface area contributed by atoms with E-state index in [0.29, 0.717) is 27.4 Å². The topological polar surface area (TPSA) is 62.3 Å². The Hall–Kier alpha value is -1.63. The van der Waals surface area contributed by atoms with Crippen LogP contribution in [0.5, 0.6) is 0 Å². The molecule has 2 amide bonds. The minimum absolute atomic E-state index is 0.113. The molecule has 0 aliphatic carbocycles. The summed E-state index contributed by atoms with van der Waals surface area (Å²) in [5.41, 5.74) is 0.643. The molecule has 114 valence electrons. The van der Waals surface area contributed by atoms with Crippen LogP contribution in [0.25, 0.3) is 0 Å². The molecule has 2 heterocycles. The van der Waals surface area contributed by atoms with Gasteiger partial charge in [0.15, 0.2) is 5.13 Å². The molecule has 1 aliphatic rings. The Bertz CT molecular complexity index is 721. The molecule has 1 aliphatic heterocycles. The van der Waals surface area contributed by atoms with Crippen LogP contribution in [0.15, 0.2) is 29.8 Å². The number of carbonyl (C=O) groups excluding carboxylic acids is 2. The summed E-state index contributed by atoms with van der Waals surface area (Å²) in [5.74, 6) is -0.727. The van der Waals surface area contributed by atoms with Crippen LogP contribution in [0.4, 0.5) is 10.8 Å². The number of rotatable bonds is 3. The number of nitrogens with one attached hydrogen (secondary N) is 1. The van der Waals surface area contributed by atoms with E-state index in [2.05, 4.69) is 10.3 Å². The predicted molar refractivity (Wildman–Crippen MR) is 87.7 cm³/mol. The molecule has 1 aromatic heterocycles. The molecule has 8 heteroatoms. The normalized spacial score (nSPS) is 17.8. The van der Waals surface area contributed by atoms with Gasteiger partial charge in [-0.25, -0.2) is 4.98 Å². The van der Waals surface area contributed by atoms with Crippen molar-refractivity contribution < 1.29 is 9.59 Å². The van der Waals surface area contributed by atoms with E-state index in [1.54, 1.807) is 34.7 Å². The van der Waals surface area contributed by atoms with Crippen LogP contribution in [0.2, 0.25) is 10.0 Å². The van der Waals surface area contributed by atoms with Gasteiger partial charge in [0.1, 0.15) is 0 Å². The second kappa shape index (κ2) is 6.24. The minimum Gasteiger partial charge on any atom is -0.312 e. The minimum atomic E-state index is -0.411. The van der Waals surface area contributed by atoms with Crippen molar-refractivity contribution in [3.8, 4) is 0 Å². The van der Waals surface area contributed by atoms with Gasteiger partial charge in [0.05, 0.1) is 16.0 Å². The number of benzene rings is 1. The third-order valence-corrected chi connectivity index (χ3v) is 4.80. The molecule has 1 fully saturated rings. The fourth-order valence-corrected chi connectivity index (χ4v) is 3.10. The fraction of sp³-hybridized carbons (Fsp3) is 0.214. The Morgan fingerprint density at radius 1 is 1.36 bits per heavy atom. The summed E-state index contributed by atoms with van der Waals surface area (Å²) in [5, 5.41) is 5.83. The molecule has 0 saturated carbocycles. The fourth-order valence-electron chi connectivity index (χ4n) is 2.28. The average Bonchev–Trinajstić information content (AvgIpc) is 3.11. The molecule has 1 saturated heterocycles. The highest BCUT2D eigenvalue weighted by molar-refractivity contribution is 7.13. The molecule has 1 atom stereocenters. The third kappa shape index (κ3) is 3.09. The zero-order valence-electron chi connectivity index (χ0n) is 11.3. The number of carbonyl (C=O) groups is 2. The summed E-state index contributed by atoms with van der Waals surface area (Å²) in [4.78, 5) is 29.9. The van der Waals surface area contributed by atoms with E-state index >= 15 is 0 Å². The van der Waals surface area contributed by atoms with Gasteiger partial charge >= 0.3 is 0 Å². The highest BCUT2D eigenvalue weighted by Gasteiger charge is 2.35. The number of hydrogen-bond acceptors (Lipinski definition) is 4.